The largest absolute Gasteiger partial charge is 0.346 e. The van der Waals surface area contributed by atoms with E-state index in [0.29, 0.717) is 0 Å². The van der Waals surface area contributed by atoms with Crippen molar-refractivity contribution >= 4 is 22.5 Å². The van der Waals surface area contributed by atoms with E-state index in [2.05, 4.69) is 62.1 Å². The monoisotopic (exact) mass is 319 g/mol. The molecule has 5 nitrogen and oxygen atoms in total. The molecule has 0 bridgehead atoms. The molecule has 0 saturated carbocycles. The second-order valence-electron chi connectivity index (χ2n) is 7.12. The summed E-state index contributed by atoms with van der Waals surface area (Å²) in [4.78, 5) is 17.0. The first-order chi connectivity index (χ1) is 11.8. The van der Waals surface area contributed by atoms with Crippen molar-refractivity contribution in [1.29, 1.82) is 0 Å². The van der Waals surface area contributed by atoms with Crippen molar-refractivity contribution in [3.63, 3.8) is 0 Å². The molecule has 0 atom stereocenters. The Kier molecular flexibility index (Phi) is 2.94. The maximum absolute atomic E-state index is 4.64. The number of nitrogens with one attached hydrogen (secondary N) is 1. The second-order valence-corrected chi connectivity index (χ2v) is 7.12. The Labute approximate surface area is 141 Å². The van der Waals surface area contributed by atoms with E-state index in [1.807, 2.05) is 6.20 Å². The van der Waals surface area contributed by atoms with Crippen LogP contribution >= 0.6 is 0 Å². The predicted octanol–water partition coefficient (Wildman–Crippen LogP) is 3.07. The third kappa shape index (κ3) is 1.91. The first-order valence-electron chi connectivity index (χ1n) is 8.61. The lowest BCUT2D eigenvalue weighted by Gasteiger charge is -2.38. The van der Waals surface area contributed by atoms with Gasteiger partial charge in [0.25, 0.3) is 0 Å². The molecular weight excluding hydrogens is 298 g/mol. The van der Waals surface area contributed by atoms with Crippen LogP contribution in [-0.4, -0.2) is 46.5 Å². The molecule has 1 aromatic carbocycles. The van der Waals surface area contributed by atoms with Gasteiger partial charge in [0.2, 0.25) is 0 Å². The zero-order chi connectivity index (χ0) is 16.1. The molecule has 5 rings (SSSR count). The zero-order valence-electron chi connectivity index (χ0n) is 13.9. The minimum Gasteiger partial charge on any atom is -0.346 e. The molecule has 4 heterocycles. The Bertz CT molecular complexity index is 891. The highest BCUT2D eigenvalue weighted by Gasteiger charge is 2.45. The molecule has 0 unspecified atom stereocenters. The highest BCUT2D eigenvalue weighted by molar-refractivity contribution is 5.91. The standard InChI is InChI=1S/C19H21N5/c1-23-10-7-19(8-11-23)12-24(16-5-3-2-4-15(16)19)18-14-6-9-20-17(14)21-13-22-18/h2-6,9,13H,7-8,10-12H2,1H3,(H,20,21,22). The van der Waals surface area contributed by atoms with Gasteiger partial charge in [0.1, 0.15) is 17.8 Å². The maximum Gasteiger partial charge on any atom is 0.145 e. The van der Waals surface area contributed by atoms with Crippen LogP contribution < -0.4 is 4.90 Å². The quantitative estimate of drug-likeness (QED) is 0.749. The van der Waals surface area contributed by atoms with Crippen molar-refractivity contribution in [3.8, 4) is 0 Å². The molecule has 122 valence electrons. The number of benzene rings is 1. The maximum atomic E-state index is 4.64. The Morgan fingerprint density at radius 2 is 1.92 bits per heavy atom. The van der Waals surface area contributed by atoms with E-state index in [-0.39, 0.29) is 5.41 Å². The number of fused-ring (bicyclic) bond motifs is 3. The van der Waals surface area contributed by atoms with Crippen molar-refractivity contribution in [3.05, 3.63) is 48.4 Å². The third-order valence-corrected chi connectivity index (χ3v) is 5.76. The molecule has 24 heavy (non-hydrogen) atoms. The predicted molar refractivity (Wildman–Crippen MR) is 95.7 cm³/mol. The molecule has 0 amide bonds. The van der Waals surface area contributed by atoms with Crippen LogP contribution in [0.5, 0.6) is 0 Å². The number of nitrogens with zero attached hydrogens (tertiary/aromatic N) is 4. The van der Waals surface area contributed by atoms with E-state index >= 15 is 0 Å². The van der Waals surface area contributed by atoms with E-state index in [0.717, 1.165) is 36.5 Å². The molecule has 0 aliphatic carbocycles. The Morgan fingerprint density at radius 1 is 1.08 bits per heavy atom. The summed E-state index contributed by atoms with van der Waals surface area (Å²) in [5.41, 5.74) is 3.95. The van der Waals surface area contributed by atoms with E-state index in [1.54, 1.807) is 6.33 Å². The Morgan fingerprint density at radius 3 is 2.79 bits per heavy atom. The van der Waals surface area contributed by atoms with E-state index in [1.165, 1.54) is 24.1 Å². The second kappa shape index (κ2) is 5.05. The fraction of sp³-hybridized carbons (Fsp3) is 0.368. The van der Waals surface area contributed by atoms with Crippen LogP contribution in [0.3, 0.4) is 0 Å². The number of para-hydroxylation sites is 1. The Hall–Kier alpha value is -2.40. The number of hydrogen-bond acceptors (Lipinski definition) is 4. The molecule has 2 aliphatic rings. The third-order valence-electron chi connectivity index (χ3n) is 5.76. The number of hydrogen-bond donors (Lipinski definition) is 1. The summed E-state index contributed by atoms with van der Waals surface area (Å²) in [6.07, 6.45) is 6.02. The summed E-state index contributed by atoms with van der Waals surface area (Å²) >= 11 is 0. The normalized spacial score (nSPS) is 20.0. The van der Waals surface area contributed by atoms with Gasteiger partial charge in [-0.2, -0.15) is 0 Å². The highest BCUT2D eigenvalue weighted by Crippen LogP contribution is 2.49. The lowest BCUT2D eigenvalue weighted by molar-refractivity contribution is 0.198. The van der Waals surface area contributed by atoms with Crippen LogP contribution in [0.25, 0.3) is 11.0 Å². The molecule has 0 radical (unpaired) electrons. The first kappa shape index (κ1) is 14.0. The molecular formula is C19H21N5. The van der Waals surface area contributed by atoms with Crippen LogP contribution in [0.2, 0.25) is 0 Å². The number of anilines is 2. The summed E-state index contributed by atoms with van der Waals surface area (Å²) in [7, 11) is 2.22. The van der Waals surface area contributed by atoms with Gasteiger partial charge >= 0.3 is 0 Å². The van der Waals surface area contributed by atoms with Gasteiger partial charge in [-0.15, -0.1) is 0 Å². The van der Waals surface area contributed by atoms with Gasteiger partial charge in [-0.1, -0.05) is 18.2 Å². The van der Waals surface area contributed by atoms with Crippen LogP contribution in [-0.2, 0) is 5.41 Å². The zero-order valence-corrected chi connectivity index (χ0v) is 13.9. The van der Waals surface area contributed by atoms with Crippen LogP contribution in [0.4, 0.5) is 11.5 Å². The van der Waals surface area contributed by atoms with Gasteiger partial charge in [0.05, 0.1) is 5.39 Å². The fourth-order valence-electron chi connectivity index (χ4n) is 4.37. The minimum absolute atomic E-state index is 0.247. The average molecular weight is 319 g/mol. The van der Waals surface area contributed by atoms with Crippen molar-refractivity contribution in [2.24, 2.45) is 0 Å². The summed E-state index contributed by atoms with van der Waals surface area (Å²) in [6, 6.07) is 10.9. The van der Waals surface area contributed by atoms with Crippen molar-refractivity contribution in [2.75, 3.05) is 31.6 Å². The van der Waals surface area contributed by atoms with E-state index in [9.17, 15) is 0 Å². The minimum atomic E-state index is 0.247. The molecule has 1 fully saturated rings. The number of piperidine rings is 1. The number of H-pyrrole nitrogens is 1. The van der Waals surface area contributed by atoms with Gasteiger partial charge in [-0.3, -0.25) is 0 Å². The fourth-order valence-corrected chi connectivity index (χ4v) is 4.37. The van der Waals surface area contributed by atoms with Crippen molar-refractivity contribution in [1.82, 2.24) is 19.9 Å². The lowest BCUT2D eigenvalue weighted by Crippen LogP contribution is -2.43. The smallest absolute Gasteiger partial charge is 0.145 e. The summed E-state index contributed by atoms with van der Waals surface area (Å²) in [6.45, 7) is 3.33. The lowest BCUT2D eigenvalue weighted by atomic mass is 9.74. The van der Waals surface area contributed by atoms with Gasteiger partial charge in [-0.05, 0) is 50.7 Å². The summed E-state index contributed by atoms with van der Waals surface area (Å²) < 4.78 is 0. The SMILES string of the molecule is CN1CCC2(CC1)CN(c1ncnc3[nH]ccc13)c1ccccc12. The van der Waals surface area contributed by atoms with Crippen LogP contribution in [0.15, 0.2) is 42.9 Å². The van der Waals surface area contributed by atoms with E-state index in [4.69, 9.17) is 0 Å². The number of likely N-dealkylation sites (tertiary alicyclic amines) is 1. The highest BCUT2D eigenvalue weighted by atomic mass is 15.2. The van der Waals surface area contributed by atoms with Gasteiger partial charge in [-0.25, -0.2) is 9.97 Å². The Balaban J connectivity index is 1.65. The number of aromatic nitrogens is 3. The number of aromatic amines is 1. The van der Waals surface area contributed by atoms with Crippen LogP contribution in [0.1, 0.15) is 18.4 Å². The molecule has 2 aromatic heterocycles. The summed E-state index contributed by atoms with van der Waals surface area (Å²) in [5, 5.41) is 1.09. The average Bonchev–Trinajstić information content (AvgIpc) is 3.21. The van der Waals surface area contributed by atoms with Crippen molar-refractivity contribution in [2.45, 2.75) is 18.3 Å². The van der Waals surface area contributed by atoms with Crippen LogP contribution in [0, 0.1) is 0 Å². The molecule has 5 heteroatoms. The number of rotatable bonds is 1. The molecule has 1 N–H and O–H groups in total. The van der Waals surface area contributed by atoms with Gasteiger partial charge in [0, 0.05) is 23.8 Å². The molecule has 3 aromatic rings. The van der Waals surface area contributed by atoms with Gasteiger partial charge in [0.15, 0.2) is 0 Å². The first-order valence-corrected chi connectivity index (χ1v) is 8.61. The molecule has 2 aliphatic heterocycles. The van der Waals surface area contributed by atoms with Gasteiger partial charge < -0.3 is 14.8 Å². The molecule has 1 spiro atoms. The summed E-state index contributed by atoms with van der Waals surface area (Å²) in [5.74, 6) is 1.02. The van der Waals surface area contributed by atoms with Crippen molar-refractivity contribution < 1.29 is 0 Å². The van der Waals surface area contributed by atoms with E-state index < -0.39 is 0 Å². The molecule has 1 saturated heterocycles. The topological polar surface area (TPSA) is 48.1 Å².